The summed E-state index contributed by atoms with van der Waals surface area (Å²) >= 11 is 0. The minimum Gasteiger partial charge on any atom is -0.341 e. The van der Waals surface area contributed by atoms with Gasteiger partial charge in [0.1, 0.15) is 0 Å². The van der Waals surface area contributed by atoms with Crippen molar-refractivity contribution in [1.82, 2.24) is 20.0 Å². The number of nitrogens with one attached hydrogen (secondary N) is 1. The third-order valence-corrected chi connectivity index (χ3v) is 4.10. The first-order valence-electron chi connectivity index (χ1n) is 6.83. The molecular weight excluding hydrogens is 337 g/mol. The maximum absolute atomic E-state index is 13.1. The van der Waals surface area contributed by atoms with Crippen LogP contribution in [-0.4, -0.2) is 52.2 Å². The number of aryl methyl sites for hydroxylation is 1. The van der Waals surface area contributed by atoms with Crippen LogP contribution in [0.5, 0.6) is 0 Å². The quantitative estimate of drug-likeness (QED) is 0.875. The smallest absolute Gasteiger partial charge is 0.262 e. The Labute approximate surface area is 140 Å². The third-order valence-electron chi connectivity index (χ3n) is 4.10. The fourth-order valence-electron chi connectivity index (χ4n) is 2.99. The van der Waals surface area contributed by atoms with Gasteiger partial charge in [0.05, 0.1) is 18.8 Å². The molecule has 3 rings (SSSR count). The Morgan fingerprint density at radius 1 is 1.45 bits per heavy atom. The highest BCUT2D eigenvalue weighted by Gasteiger charge is 2.44. The molecule has 2 fully saturated rings. The molecule has 0 saturated carbocycles. The zero-order valence-electron chi connectivity index (χ0n) is 12.2. The summed E-state index contributed by atoms with van der Waals surface area (Å²) in [6.45, 7) is 0.819. The van der Waals surface area contributed by atoms with Gasteiger partial charge in [-0.15, -0.1) is 24.8 Å². The fourth-order valence-corrected chi connectivity index (χ4v) is 2.99. The zero-order valence-corrected chi connectivity index (χ0v) is 13.8. The Morgan fingerprint density at radius 3 is 2.73 bits per heavy atom. The summed E-state index contributed by atoms with van der Waals surface area (Å²) in [5.74, 6) is -2.70. The first kappa shape index (κ1) is 19.1. The summed E-state index contributed by atoms with van der Waals surface area (Å²) in [6.07, 6.45) is 4.22. The van der Waals surface area contributed by atoms with Crippen LogP contribution in [0.25, 0.3) is 0 Å². The van der Waals surface area contributed by atoms with Gasteiger partial charge in [0.25, 0.3) is 5.92 Å². The Kier molecular flexibility index (Phi) is 6.18. The molecule has 22 heavy (non-hydrogen) atoms. The zero-order chi connectivity index (χ0) is 14.3. The van der Waals surface area contributed by atoms with E-state index < -0.39 is 18.5 Å². The van der Waals surface area contributed by atoms with Crippen molar-refractivity contribution in [2.24, 2.45) is 7.05 Å². The van der Waals surface area contributed by atoms with E-state index in [0.717, 1.165) is 12.0 Å². The second-order valence-electron chi connectivity index (χ2n) is 5.71. The van der Waals surface area contributed by atoms with Crippen molar-refractivity contribution in [2.75, 3.05) is 19.6 Å². The lowest BCUT2D eigenvalue weighted by Crippen LogP contribution is -2.42. The number of rotatable bonds is 2. The van der Waals surface area contributed by atoms with Gasteiger partial charge in [0.15, 0.2) is 0 Å². The maximum Gasteiger partial charge on any atom is 0.262 e. The molecule has 0 aromatic carbocycles. The molecule has 1 aromatic rings. The van der Waals surface area contributed by atoms with Crippen LogP contribution in [-0.2, 0) is 11.8 Å². The van der Waals surface area contributed by atoms with Gasteiger partial charge in [0.2, 0.25) is 5.91 Å². The molecule has 1 aromatic heterocycles. The second kappa shape index (κ2) is 7.10. The van der Waals surface area contributed by atoms with Crippen molar-refractivity contribution in [3.8, 4) is 0 Å². The molecule has 9 heteroatoms. The summed E-state index contributed by atoms with van der Waals surface area (Å²) in [7, 11) is 1.85. The van der Waals surface area contributed by atoms with E-state index in [0.29, 0.717) is 13.1 Å². The molecule has 0 aliphatic carbocycles. The van der Waals surface area contributed by atoms with Crippen LogP contribution in [0.2, 0.25) is 0 Å². The molecular formula is C13H20Cl2F2N4O. The average molecular weight is 357 g/mol. The molecule has 1 amide bonds. The monoisotopic (exact) mass is 356 g/mol. The number of alkyl halides is 2. The van der Waals surface area contributed by atoms with Crippen molar-refractivity contribution in [3.63, 3.8) is 0 Å². The number of carbonyl (C=O) groups is 1. The summed E-state index contributed by atoms with van der Waals surface area (Å²) in [4.78, 5) is 13.9. The SMILES string of the molecule is Cl.Cl.Cn1cc(C2CCN(C(=O)C3CC(F)(F)CN3)C2)cn1. The van der Waals surface area contributed by atoms with Crippen LogP contribution in [0, 0.1) is 0 Å². The van der Waals surface area contributed by atoms with Crippen LogP contribution < -0.4 is 5.32 Å². The number of hydrogen-bond donors (Lipinski definition) is 1. The summed E-state index contributed by atoms with van der Waals surface area (Å²) < 4.78 is 28.0. The molecule has 0 radical (unpaired) electrons. The van der Waals surface area contributed by atoms with E-state index in [1.165, 1.54) is 0 Å². The van der Waals surface area contributed by atoms with E-state index in [1.54, 1.807) is 15.8 Å². The highest BCUT2D eigenvalue weighted by atomic mass is 35.5. The summed E-state index contributed by atoms with van der Waals surface area (Å²) in [5.41, 5.74) is 1.10. The lowest BCUT2D eigenvalue weighted by atomic mass is 10.0. The second-order valence-corrected chi connectivity index (χ2v) is 5.71. The van der Waals surface area contributed by atoms with Crippen LogP contribution in [0.3, 0.4) is 0 Å². The standard InChI is InChI=1S/C13H18F2N4O.2ClH/c1-18-6-10(5-17-18)9-2-3-19(7-9)12(20)11-4-13(14,15)8-16-11;;/h5-6,9,11,16H,2-4,7-8H2,1H3;2*1H. The fraction of sp³-hybridized carbons (Fsp3) is 0.692. The van der Waals surface area contributed by atoms with Gasteiger partial charge in [-0.05, 0) is 12.0 Å². The minimum absolute atomic E-state index is 0. The number of halogens is 4. The molecule has 2 aliphatic rings. The van der Waals surface area contributed by atoms with Crippen molar-refractivity contribution in [2.45, 2.75) is 30.7 Å². The number of amides is 1. The van der Waals surface area contributed by atoms with Crippen molar-refractivity contribution >= 4 is 30.7 Å². The van der Waals surface area contributed by atoms with Gasteiger partial charge in [-0.3, -0.25) is 14.8 Å². The van der Waals surface area contributed by atoms with Gasteiger partial charge >= 0.3 is 0 Å². The normalized spacial score (nSPS) is 26.4. The number of nitrogens with zero attached hydrogens (tertiary/aromatic N) is 3. The molecule has 2 aliphatic heterocycles. The topological polar surface area (TPSA) is 50.2 Å². The molecule has 1 N–H and O–H groups in total. The average Bonchev–Trinajstić information content (AvgIpc) is 3.07. The first-order valence-corrected chi connectivity index (χ1v) is 6.83. The molecule has 0 spiro atoms. The van der Waals surface area contributed by atoms with Gasteiger partial charge in [-0.1, -0.05) is 0 Å². The van der Waals surface area contributed by atoms with E-state index in [2.05, 4.69) is 10.4 Å². The molecule has 2 unspecified atom stereocenters. The van der Waals surface area contributed by atoms with Gasteiger partial charge in [0, 0.05) is 38.7 Å². The lowest BCUT2D eigenvalue weighted by molar-refractivity contribution is -0.132. The molecule has 2 atom stereocenters. The lowest BCUT2D eigenvalue weighted by Gasteiger charge is -2.20. The molecule has 5 nitrogen and oxygen atoms in total. The Balaban J connectivity index is 0.00000121. The molecule has 0 bridgehead atoms. The highest BCUT2D eigenvalue weighted by Crippen LogP contribution is 2.30. The van der Waals surface area contributed by atoms with Crippen LogP contribution in [0.4, 0.5) is 8.78 Å². The molecule has 126 valence electrons. The van der Waals surface area contributed by atoms with Crippen molar-refractivity contribution in [3.05, 3.63) is 18.0 Å². The summed E-state index contributed by atoms with van der Waals surface area (Å²) in [5, 5.41) is 6.75. The Hall–Kier alpha value is -0.920. The Bertz CT molecular complexity index is 526. The van der Waals surface area contributed by atoms with E-state index >= 15 is 0 Å². The van der Waals surface area contributed by atoms with Crippen LogP contribution >= 0.6 is 24.8 Å². The van der Waals surface area contributed by atoms with Gasteiger partial charge in [-0.25, -0.2) is 8.78 Å². The third kappa shape index (κ3) is 3.88. The predicted molar refractivity (Wildman–Crippen MR) is 83.0 cm³/mol. The van der Waals surface area contributed by atoms with Crippen LogP contribution in [0.1, 0.15) is 24.3 Å². The Morgan fingerprint density at radius 2 is 2.18 bits per heavy atom. The van der Waals surface area contributed by atoms with Crippen molar-refractivity contribution in [1.29, 1.82) is 0 Å². The van der Waals surface area contributed by atoms with Crippen LogP contribution in [0.15, 0.2) is 12.4 Å². The largest absolute Gasteiger partial charge is 0.341 e. The number of likely N-dealkylation sites (tertiary alicyclic amines) is 1. The van der Waals surface area contributed by atoms with E-state index in [9.17, 15) is 13.6 Å². The minimum atomic E-state index is -2.76. The predicted octanol–water partition coefficient (Wildman–Crippen LogP) is 1.58. The highest BCUT2D eigenvalue weighted by molar-refractivity contribution is 5.85. The number of hydrogen-bond acceptors (Lipinski definition) is 3. The van der Waals surface area contributed by atoms with Gasteiger partial charge in [-0.2, -0.15) is 5.10 Å². The van der Waals surface area contributed by atoms with E-state index in [1.807, 2.05) is 13.2 Å². The van der Waals surface area contributed by atoms with E-state index in [4.69, 9.17) is 0 Å². The van der Waals surface area contributed by atoms with Gasteiger partial charge < -0.3 is 4.90 Å². The van der Waals surface area contributed by atoms with Crippen molar-refractivity contribution < 1.29 is 13.6 Å². The maximum atomic E-state index is 13.1. The number of carbonyl (C=O) groups excluding carboxylic acids is 1. The summed E-state index contributed by atoms with van der Waals surface area (Å²) in [6, 6.07) is -0.738. The number of aromatic nitrogens is 2. The first-order chi connectivity index (χ1) is 9.44. The van der Waals surface area contributed by atoms with E-state index in [-0.39, 0.29) is 43.1 Å². The molecule has 2 saturated heterocycles. The molecule has 3 heterocycles.